The number of thiophene rings is 1. The summed E-state index contributed by atoms with van der Waals surface area (Å²) in [5, 5.41) is 4.92. The first-order valence-corrected chi connectivity index (χ1v) is 10.6. The topological polar surface area (TPSA) is 66.5 Å². The van der Waals surface area contributed by atoms with Gasteiger partial charge in [0, 0.05) is 23.5 Å². The van der Waals surface area contributed by atoms with E-state index in [9.17, 15) is 13.2 Å². The first-order valence-electron chi connectivity index (χ1n) is 7.95. The summed E-state index contributed by atoms with van der Waals surface area (Å²) in [4.78, 5) is 13.5. The number of sulfonamides is 1. The third-order valence-electron chi connectivity index (χ3n) is 3.83. The van der Waals surface area contributed by atoms with Gasteiger partial charge in [-0.3, -0.25) is 4.79 Å². The number of nitrogens with one attached hydrogen (secondary N) is 1. The summed E-state index contributed by atoms with van der Waals surface area (Å²) in [6.45, 7) is 6.07. The molecule has 0 aliphatic rings. The fraction of sp³-hybridized carbons (Fsp3) is 0.353. The Kier molecular flexibility index (Phi) is 6.62. The zero-order valence-corrected chi connectivity index (χ0v) is 16.7. The predicted molar refractivity (Wildman–Crippen MR) is 102 cm³/mol. The van der Waals surface area contributed by atoms with E-state index in [4.69, 9.17) is 11.6 Å². The Balaban J connectivity index is 2.30. The molecular weight excluding hydrogens is 380 g/mol. The minimum atomic E-state index is -3.74. The summed E-state index contributed by atoms with van der Waals surface area (Å²) in [5.74, 6) is -0.339. The largest absolute Gasteiger partial charge is 0.345 e. The molecule has 1 aromatic carbocycles. The molecule has 25 heavy (non-hydrogen) atoms. The monoisotopic (exact) mass is 400 g/mol. The number of benzene rings is 1. The number of halogens is 1. The summed E-state index contributed by atoms with van der Waals surface area (Å²) in [6, 6.07) is 8.01. The normalized spacial score (nSPS) is 13.0. The summed E-state index contributed by atoms with van der Waals surface area (Å²) >= 11 is 7.64. The number of hydrogen-bond acceptors (Lipinski definition) is 4. The quantitative estimate of drug-likeness (QED) is 0.765. The maximum atomic E-state index is 12.7. The maximum absolute atomic E-state index is 12.7. The number of carbonyl (C=O) groups excluding carboxylic acids is 1. The third kappa shape index (κ3) is 4.41. The van der Waals surface area contributed by atoms with Crippen LogP contribution in [0.2, 0.25) is 5.02 Å². The molecule has 0 aliphatic heterocycles. The molecule has 1 N–H and O–H groups in total. The van der Waals surface area contributed by atoms with E-state index in [1.807, 2.05) is 24.4 Å². The SMILES string of the molecule is CCN(CC)S(=O)(=O)c1cc(C(=O)N[C@H](C)c2cccs2)ccc1Cl. The van der Waals surface area contributed by atoms with Gasteiger partial charge in [0.2, 0.25) is 10.0 Å². The Hall–Kier alpha value is -1.41. The van der Waals surface area contributed by atoms with Crippen molar-refractivity contribution >= 4 is 38.9 Å². The zero-order valence-electron chi connectivity index (χ0n) is 14.3. The zero-order chi connectivity index (χ0) is 18.6. The first-order chi connectivity index (χ1) is 11.8. The standard InChI is InChI=1S/C17H21ClN2O3S2/c1-4-20(5-2)25(22,23)16-11-13(8-9-14(16)18)17(21)19-12(3)15-7-6-10-24-15/h6-12H,4-5H2,1-3H3,(H,19,21)/t12-/m1/s1. The van der Waals surface area contributed by atoms with Crippen LogP contribution in [0.4, 0.5) is 0 Å². The Morgan fingerprint density at radius 2 is 1.96 bits per heavy atom. The Labute approximate surface area is 157 Å². The van der Waals surface area contributed by atoms with Crippen molar-refractivity contribution in [1.82, 2.24) is 9.62 Å². The van der Waals surface area contributed by atoms with E-state index in [2.05, 4.69) is 5.32 Å². The lowest BCUT2D eigenvalue weighted by Crippen LogP contribution is -2.31. The molecule has 0 unspecified atom stereocenters. The van der Waals surface area contributed by atoms with Gasteiger partial charge in [-0.15, -0.1) is 11.3 Å². The van der Waals surface area contributed by atoms with E-state index in [1.54, 1.807) is 25.2 Å². The van der Waals surface area contributed by atoms with Gasteiger partial charge in [0.25, 0.3) is 5.91 Å². The van der Waals surface area contributed by atoms with Crippen LogP contribution in [-0.4, -0.2) is 31.7 Å². The first kappa shape index (κ1) is 19.9. The van der Waals surface area contributed by atoms with Crippen LogP contribution in [0, 0.1) is 0 Å². The average Bonchev–Trinajstić information content (AvgIpc) is 3.10. The van der Waals surface area contributed by atoms with Crippen LogP contribution in [0.1, 0.15) is 42.0 Å². The Morgan fingerprint density at radius 3 is 2.52 bits per heavy atom. The molecule has 1 atom stereocenters. The van der Waals surface area contributed by atoms with Crippen LogP contribution in [0.5, 0.6) is 0 Å². The Morgan fingerprint density at radius 1 is 1.28 bits per heavy atom. The highest BCUT2D eigenvalue weighted by molar-refractivity contribution is 7.89. The van der Waals surface area contributed by atoms with Gasteiger partial charge >= 0.3 is 0 Å². The minimum Gasteiger partial charge on any atom is -0.345 e. The summed E-state index contributed by atoms with van der Waals surface area (Å²) in [6.07, 6.45) is 0. The highest BCUT2D eigenvalue weighted by Gasteiger charge is 2.25. The molecule has 0 bridgehead atoms. The Bertz CT molecular complexity index is 832. The van der Waals surface area contributed by atoms with Crippen molar-refractivity contribution in [2.24, 2.45) is 0 Å². The van der Waals surface area contributed by atoms with Gasteiger partial charge < -0.3 is 5.32 Å². The van der Waals surface area contributed by atoms with Gasteiger partial charge in [-0.25, -0.2) is 8.42 Å². The molecule has 0 spiro atoms. The van der Waals surface area contributed by atoms with E-state index >= 15 is 0 Å². The van der Waals surface area contributed by atoms with E-state index < -0.39 is 10.0 Å². The smallest absolute Gasteiger partial charge is 0.251 e. The molecule has 1 amide bonds. The van der Waals surface area contributed by atoms with Gasteiger partial charge in [0.05, 0.1) is 11.1 Å². The van der Waals surface area contributed by atoms with Crippen LogP contribution in [0.3, 0.4) is 0 Å². The van der Waals surface area contributed by atoms with Crippen molar-refractivity contribution in [1.29, 1.82) is 0 Å². The molecule has 1 aromatic heterocycles. The number of carbonyl (C=O) groups is 1. The van der Waals surface area contributed by atoms with Crippen molar-refractivity contribution < 1.29 is 13.2 Å². The van der Waals surface area contributed by atoms with Gasteiger partial charge in [-0.2, -0.15) is 4.31 Å². The number of nitrogens with zero attached hydrogens (tertiary/aromatic N) is 1. The van der Waals surface area contributed by atoms with Gasteiger partial charge in [0.15, 0.2) is 0 Å². The van der Waals surface area contributed by atoms with Gasteiger partial charge in [-0.05, 0) is 36.6 Å². The summed E-state index contributed by atoms with van der Waals surface area (Å²) < 4.78 is 26.7. The molecule has 5 nitrogen and oxygen atoms in total. The second kappa shape index (κ2) is 8.31. The van der Waals surface area contributed by atoms with Gasteiger partial charge in [-0.1, -0.05) is 31.5 Å². The van der Waals surface area contributed by atoms with Crippen molar-refractivity contribution in [2.45, 2.75) is 31.7 Å². The predicted octanol–water partition coefficient (Wildman–Crippen LogP) is 3.92. The van der Waals surface area contributed by atoms with E-state index in [-0.39, 0.29) is 27.4 Å². The molecule has 0 radical (unpaired) electrons. The van der Waals surface area contributed by atoms with Crippen LogP contribution >= 0.6 is 22.9 Å². The maximum Gasteiger partial charge on any atom is 0.251 e. The van der Waals surface area contributed by atoms with Crippen LogP contribution in [0.15, 0.2) is 40.6 Å². The number of rotatable bonds is 7. The summed E-state index contributed by atoms with van der Waals surface area (Å²) in [5.41, 5.74) is 0.263. The molecule has 0 saturated carbocycles. The molecule has 136 valence electrons. The van der Waals surface area contributed by atoms with Crippen LogP contribution in [0.25, 0.3) is 0 Å². The van der Waals surface area contributed by atoms with Crippen LogP contribution < -0.4 is 5.32 Å². The lowest BCUT2D eigenvalue weighted by atomic mass is 10.2. The molecule has 0 fully saturated rings. The fourth-order valence-corrected chi connectivity index (χ4v) is 5.13. The lowest BCUT2D eigenvalue weighted by Gasteiger charge is -2.20. The molecule has 0 aliphatic carbocycles. The molecule has 2 aromatic rings. The average molecular weight is 401 g/mol. The van der Waals surface area contributed by atoms with Crippen molar-refractivity contribution in [3.05, 3.63) is 51.2 Å². The highest BCUT2D eigenvalue weighted by Crippen LogP contribution is 2.26. The number of amides is 1. The van der Waals surface area contributed by atoms with E-state index in [1.165, 1.54) is 22.5 Å². The van der Waals surface area contributed by atoms with Crippen LogP contribution in [-0.2, 0) is 10.0 Å². The van der Waals surface area contributed by atoms with E-state index in [0.29, 0.717) is 13.1 Å². The fourth-order valence-electron chi connectivity index (χ4n) is 2.43. The lowest BCUT2D eigenvalue weighted by molar-refractivity contribution is 0.0940. The number of hydrogen-bond donors (Lipinski definition) is 1. The van der Waals surface area contributed by atoms with Crippen molar-refractivity contribution in [3.8, 4) is 0 Å². The third-order valence-corrected chi connectivity index (χ3v) is 7.42. The molecule has 1 heterocycles. The van der Waals surface area contributed by atoms with Crippen molar-refractivity contribution in [3.63, 3.8) is 0 Å². The molecule has 8 heteroatoms. The highest BCUT2D eigenvalue weighted by atomic mass is 35.5. The molecule has 0 saturated heterocycles. The molecule has 2 rings (SSSR count). The minimum absolute atomic E-state index is 0.0470. The second-order valence-electron chi connectivity index (χ2n) is 5.45. The van der Waals surface area contributed by atoms with Gasteiger partial charge in [0.1, 0.15) is 4.90 Å². The van der Waals surface area contributed by atoms with E-state index in [0.717, 1.165) is 4.88 Å². The van der Waals surface area contributed by atoms with Crippen molar-refractivity contribution in [2.75, 3.05) is 13.1 Å². The molecular formula is C17H21ClN2O3S2. The summed E-state index contributed by atoms with van der Waals surface area (Å²) in [7, 11) is -3.74. The second-order valence-corrected chi connectivity index (χ2v) is 8.74.